The number of likely N-dealkylation sites (N-methyl/N-ethyl adjacent to an activating group) is 1. The molecule has 0 saturated heterocycles. The number of hydrogen-bond donors (Lipinski definition) is 2. The largest absolute Gasteiger partial charge is 0.418 e. The van der Waals surface area contributed by atoms with E-state index in [1.165, 1.54) is 23.1 Å². The van der Waals surface area contributed by atoms with Gasteiger partial charge in [0.1, 0.15) is 0 Å². The maximum Gasteiger partial charge on any atom is 0.418 e. The lowest BCUT2D eigenvalue weighted by Gasteiger charge is -2.22. The van der Waals surface area contributed by atoms with E-state index in [0.29, 0.717) is 6.42 Å². The second kappa shape index (κ2) is 11.5. The summed E-state index contributed by atoms with van der Waals surface area (Å²) in [4.78, 5) is 26.5. The molecule has 0 radical (unpaired) electrons. The van der Waals surface area contributed by atoms with Crippen LogP contribution in [0.25, 0.3) is 0 Å². The van der Waals surface area contributed by atoms with Crippen molar-refractivity contribution in [3.63, 3.8) is 0 Å². The van der Waals surface area contributed by atoms with Crippen molar-refractivity contribution in [2.75, 3.05) is 25.5 Å². The average Bonchev–Trinajstić information content (AvgIpc) is 2.79. The number of benzene rings is 3. The van der Waals surface area contributed by atoms with Crippen molar-refractivity contribution in [1.29, 1.82) is 0 Å². The first-order valence-corrected chi connectivity index (χ1v) is 10.7. The average molecular weight is 470 g/mol. The summed E-state index contributed by atoms with van der Waals surface area (Å²) in [6, 6.07) is 23.8. The van der Waals surface area contributed by atoms with Gasteiger partial charge in [0.25, 0.3) is 0 Å². The van der Waals surface area contributed by atoms with Gasteiger partial charge < -0.3 is 10.6 Å². The number of anilines is 1. The number of para-hydroxylation sites is 1. The lowest BCUT2D eigenvalue weighted by Crippen LogP contribution is -2.40. The molecule has 34 heavy (non-hydrogen) atoms. The van der Waals surface area contributed by atoms with Crippen molar-refractivity contribution in [3.8, 4) is 0 Å². The number of rotatable bonds is 9. The summed E-state index contributed by atoms with van der Waals surface area (Å²) in [6.07, 6.45) is -3.99. The molecule has 3 aromatic rings. The molecule has 0 saturated carbocycles. The number of amides is 2. The Morgan fingerprint density at radius 3 is 2.03 bits per heavy atom. The number of nitrogens with one attached hydrogen (secondary N) is 2. The second-order valence-corrected chi connectivity index (χ2v) is 7.98. The highest BCUT2D eigenvalue weighted by molar-refractivity contribution is 5.93. The molecule has 0 bridgehead atoms. The Bertz CT molecular complexity index is 1090. The van der Waals surface area contributed by atoms with Gasteiger partial charge in [-0.25, -0.2) is 0 Å². The van der Waals surface area contributed by atoms with E-state index in [9.17, 15) is 22.8 Å². The van der Waals surface area contributed by atoms with E-state index in [0.717, 1.165) is 17.2 Å². The van der Waals surface area contributed by atoms with Gasteiger partial charge >= 0.3 is 6.18 Å². The van der Waals surface area contributed by atoms with E-state index in [2.05, 4.69) is 10.6 Å². The number of halogens is 3. The standard InChI is InChI=1S/C26H26F3N3O2/c1-32(17-24(33)30-22-15-9-8-14-21(22)26(27,28)29)18-25(34)31-23(20-12-6-3-7-13-20)16-19-10-4-2-5-11-19/h2-15,23H,16-18H2,1H3,(H,30,33)(H,31,34). The van der Waals surface area contributed by atoms with Crippen LogP contribution < -0.4 is 10.6 Å². The van der Waals surface area contributed by atoms with Crippen LogP contribution in [0.15, 0.2) is 84.9 Å². The van der Waals surface area contributed by atoms with Crippen molar-refractivity contribution in [2.24, 2.45) is 0 Å². The first-order chi connectivity index (χ1) is 16.2. The van der Waals surface area contributed by atoms with Crippen LogP contribution in [0.2, 0.25) is 0 Å². The second-order valence-electron chi connectivity index (χ2n) is 7.98. The minimum Gasteiger partial charge on any atom is -0.348 e. The van der Waals surface area contributed by atoms with Crippen LogP contribution in [0.1, 0.15) is 22.7 Å². The van der Waals surface area contributed by atoms with Gasteiger partial charge in [0.15, 0.2) is 0 Å². The van der Waals surface area contributed by atoms with Crippen LogP contribution in [0, 0.1) is 0 Å². The molecule has 2 N–H and O–H groups in total. The van der Waals surface area contributed by atoms with Crippen LogP contribution in [-0.2, 0) is 22.2 Å². The third kappa shape index (κ3) is 7.45. The van der Waals surface area contributed by atoms with Gasteiger partial charge in [-0.2, -0.15) is 13.2 Å². The lowest BCUT2D eigenvalue weighted by atomic mass is 9.99. The summed E-state index contributed by atoms with van der Waals surface area (Å²) in [6.45, 7) is -0.333. The van der Waals surface area contributed by atoms with Crippen LogP contribution in [0.3, 0.4) is 0 Å². The zero-order valence-electron chi connectivity index (χ0n) is 18.7. The molecule has 8 heteroatoms. The van der Waals surface area contributed by atoms with Crippen molar-refractivity contribution in [3.05, 3.63) is 102 Å². The Morgan fingerprint density at radius 2 is 1.38 bits per heavy atom. The number of alkyl halides is 3. The van der Waals surface area contributed by atoms with E-state index in [4.69, 9.17) is 0 Å². The molecule has 3 rings (SSSR count). The maximum atomic E-state index is 13.1. The predicted molar refractivity (Wildman–Crippen MR) is 125 cm³/mol. The molecule has 0 fully saturated rings. The smallest absolute Gasteiger partial charge is 0.348 e. The molecular weight excluding hydrogens is 443 g/mol. The zero-order valence-corrected chi connectivity index (χ0v) is 18.7. The summed E-state index contributed by atoms with van der Waals surface area (Å²) in [7, 11) is 1.56. The molecule has 2 amide bonds. The highest BCUT2D eigenvalue weighted by Gasteiger charge is 2.33. The Morgan fingerprint density at radius 1 is 0.824 bits per heavy atom. The Labute approximate surface area is 196 Å². The number of nitrogens with zero attached hydrogens (tertiary/aromatic N) is 1. The number of hydrogen-bond acceptors (Lipinski definition) is 3. The van der Waals surface area contributed by atoms with Gasteiger partial charge in [-0.3, -0.25) is 14.5 Å². The van der Waals surface area contributed by atoms with Crippen LogP contribution in [-0.4, -0.2) is 36.9 Å². The minimum absolute atomic E-state index is 0.0908. The van der Waals surface area contributed by atoms with Gasteiger partial charge in [-0.15, -0.1) is 0 Å². The third-order valence-electron chi connectivity index (χ3n) is 5.15. The van der Waals surface area contributed by atoms with E-state index in [1.807, 2.05) is 60.7 Å². The van der Waals surface area contributed by atoms with Crippen LogP contribution in [0.5, 0.6) is 0 Å². The van der Waals surface area contributed by atoms with Crippen LogP contribution in [0.4, 0.5) is 18.9 Å². The van der Waals surface area contributed by atoms with Gasteiger partial charge in [0, 0.05) is 0 Å². The van der Waals surface area contributed by atoms with Gasteiger partial charge in [0.05, 0.1) is 30.4 Å². The van der Waals surface area contributed by atoms with Gasteiger partial charge in [-0.05, 0) is 36.7 Å². The SMILES string of the molecule is CN(CC(=O)Nc1ccccc1C(F)(F)F)CC(=O)NC(Cc1ccccc1)c1ccccc1. The number of carbonyl (C=O) groups excluding carboxylic acids is 2. The van der Waals surface area contributed by atoms with Crippen molar-refractivity contribution in [2.45, 2.75) is 18.6 Å². The van der Waals surface area contributed by atoms with E-state index in [-0.39, 0.29) is 30.7 Å². The topological polar surface area (TPSA) is 61.4 Å². The summed E-state index contributed by atoms with van der Waals surface area (Å²) >= 11 is 0. The molecule has 0 aromatic heterocycles. The molecule has 0 heterocycles. The first-order valence-electron chi connectivity index (χ1n) is 10.7. The molecule has 178 valence electrons. The monoisotopic (exact) mass is 469 g/mol. The molecule has 0 aliphatic rings. The van der Waals surface area contributed by atoms with Crippen molar-refractivity contribution >= 4 is 17.5 Å². The molecule has 0 aliphatic heterocycles. The summed E-state index contributed by atoms with van der Waals surface area (Å²) in [5.74, 6) is -0.938. The predicted octanol–water partition coefficient (Wildman–Crippen LogP) is 4.68. The lowest BCUT2D eigenvalue weighted by molar-refractivity contribution is -0.137. The fraction of sp³-hybridized carbons (Fsp3) is 0.231. The Hall–Kier alpha value is -3.65. The molecular formula is C26H26F3N3O2. The fourth-order valence-electron chi connectivity index (χ4n) is 3.60. The van der Waals surface area contributed by atoms with Crippen molar-refractivity contribution < 1.29 is 22.8 Å². The highest BCUT2D eigenvalue weighted by Crippen LogP contribution is 2.34. The maximum absolute atomic E-state index is 13.1. The molecule has 3 aromatic carbocycles. The fourth-order valence-corrected chi connectivity index (χ4v) is 3.60. The Kier molecular flexibility index (Phi) is 8.43. The minimum atomic E-state index is -4.58. The van der Waals surface area contributed by atoms with Crippen LogP contribution >= 0.6 is 0 Å². The van der Waals surface area contributed by atoms with Crippen molar-refractivity contribution in [1.82, 2.24) is 10.2 Å². The molecule has 1 atom stereocenters. The summed E-state index contributed by atoms with van der Waals surface area (Å²) in [5, 5.41) is 5.29. The Balaban J connectivity index is 1.59. The summed E-state index contributed by atoms with van der Waals surface area (Å²) < 4.78 is 39.4. The third-order valence-corrected chi connectivity index (χ3v) is 5.15. The van der Waals surface area contributed by atoms with E-state index in [1.54, 1.807) is 7.05 Å². The van der Waals surface area contributed by atoms with Gasteiger partial charge in [0.2, 0.25) is 11.8 Å². The number of carbonyl (C=O) groups is 2. The first kappa shape index (κ1) is 25.0. The zero-order chi connectivity index (χ0) is 24.6. The highest BCUT2D eigenvalue weighted by atomic mass is 19.4. The quantitative estimate of drug-likeness (QED) is 0.479. The molecule has 1 unspecified atom stereocenters. The van der Waals surface area contributed by atoms with E-state index >= 15 is 0 Å². The summed E-state index contributed by atoms with van der Waals surface area (Å²) in [5.41, 5.74) is 0.775. The molecule has 0 spiro atoms. The van der Waals surface area contributed by atoms with Gasteiger partial charge in [-0.1, -0.05) is 72.8 Å². The van der Waals surface area contributed by atoms with E-state index < -0.39 is 17.6 Å². The normalized spacial score (nSPS) is 12.3. The molecule has 5 nitrogen and oxygen atoms in total. The molecule has 0 aliphatic carbocycles.